The van der Waals surface area contributed by atoms with E-state index < -0.39 is 23.8 Å². The van der Waals surface area contributed by atoms with Crippen LogP contribution in [0.3, 0.4) is 0 Å². The van der Waals surface area contributed by atoms with Gasteiger partial charge in [-0.3, -0.25) is 14.4 Å². The number of aliphatic imine (C=N–C) groups is 1. The molecule has 8 heteroatoms. The average molecular weight is 388 g/mol. The lowest BCUT2D eigenvalue weighted by molar-refractivity contribution is 0.272. The number of aromatic nitrogens is 2. The molecule has 1 aliphatic heterocycles. The molecule has 0 atom stereocenters. The van der Waals surface area contributed by atoms with Crippen molar-refractivity contribution in [2.45, 2.75) is 13.2 Å². The first-order valence-electron chi connectivity index (χ1n) is 8.01. The van der Waals surface area contributed by atoms with Crippen molar-refractivity contribution in [1.82, 2.24) is 9.55 Å². The molecular weight excluding hydrogens is 376 g/mol. The van der Waals surface area contributed by atoms with Crippen molar-refractivity contribution < 1.29 is 13.9 Å². The highest BCUT2D eigenvalue weighted by Crippen LogP contribution is 2.29. The van der Waals surface area contributed by atoms with Crippen LogP contribution in [0.1, 0.15) is 22.6 Å². The van der Waals surface area contributed by atoms with E-state index in [-0.39, 0.29) is 23.6 Å². The molecule has 0 fully saturated rings. The molecule has 1 aromatic heterocycles. The molecular formula is C19H12ClF2N3O2. The number of nitrogens with zero attached hydrogens (tertiary/aromatic N) is 3. The number of halogens is 3. The van der Waals surface area contributed by atoms with Gasteiger partial charge in [0, 0.05) is 16.7 Å². The zero-order valence-corrected chi connectivity index (χ0v) is 14.5. The Balaban J connectivity index is 2.08. The molecule has 0 spiro atoms. The van der Waals surface area contributed by atoms with Gasteiger partial charge in [-0.05, 0) is 30.3 Å². The Bertz CT molecular complexity index is 1140. The molecule has 1 N–H and O–H groups in total. The number of aliphatic hydroxyl groups is 1. The highest BCUT2D eigenvalue weighted by molar-refractivity contribution is 6.31. The first-order chi connectivity index (χ1) is 13.0. The van der Waals surface area contributed by atoms with Crippen molar-refractivity contribution in [3.63, 3.8) is 0 Å². The monoisotopic (exact) mass is 387 g/mol. The standard InChI is InChI=1S/C19H12ClF2N3O2/c20-10-4-5-15-12(6-10)19(18-13(21)2-1-3-14(18)22)23-8-16-24-17(27)7-11(9-26)25(15)16/h1-7,26H,8-9H2. The van der Waals surface area contributed by atoms with Crippen LogP contribution in [0, 0.1) is 11.6 Å². The summed E-state index contributed by atoms with van der Waals surface area (Å²) in [6.07, 6.45) is 0. The van der Waals surface area contributed by atoms with Crippen LogP contribution in [0.5, 0.6) is 0 Å². The molecule has 3 aromatic rings. The number of fused-ring (bicyclic) bond motifs is 3. The highest BCUT2D eigenvalue weighted by atomic mass is 35.5. The van der Waals surface area contributed by atoms with E-state index >= 15 is 0 Å². The van der Waals surface area contributed by atoms with Crippen molar-refractivity contribution >= 4 is 17.3 Å². The predicted molar refractivity (Wildman–Crippen MR) is 96.5 cm³/mol. The summed E-state index contributed by atoms with van der Waals surface area (Å²) in [5, 5.41) is 10.0. The van der Waals surface area contributed by atoms with Crippen molar-refractivity contribution in [2.24, 2.45) is 4.99 Å². The first kappa shape index (κ1) is 17.5. The second-order valence-corrected chi connectivity index (χ2v) is 6.35. The summed E-state index contributed by atoms with van der Waals surface area (Å²) in [5.74, 6) is -1.28. The van der Waals surface area contributed by atoms with Crippen LogP contribution < -0.4 is 5.56 Å². The SMILES string of the molecule is O=c1cc(CO)n2c(n1)CN=C(c1c(F)cccc1F)c1cc(Cl)ccc1-2. The molecule has 0 unspecified atom stereocenters. The minimum Gasteiger partial charge on any atom is -0.390 e. The van der Waals surface area contributed by atoms with Crippen LogP contribution in [0.4, 0.5) is 8.78 Å². The molecule has 0 amide bonds. The number of rotatable bonds is 2. The Morgan fingerprint density at radius 2 is 1.89 bits per heavy atom. The van der Waals surface area contributed by atoms with Gasteiger partial charge in [-0.1, -0.05) is 17.7 Å². The quantitative estimate of drug-likeness (QED) is 0.735. The van der Waals surface area contributed by atoms with Crippen molar-refractivity contribution in [3.05, 3.63) is 92.1 Å². The van der Waals surface area contributed by atoms with Crippen LogP contribution in [0.15, 0.2) is 52.3 Å². The maximum absolute atomic E-state index is 14.4. The van der Waals surface area contributed by atoms with E-state index in [2.05, 4.69) is 9.98 Å². The van der Waals surface area contributed by atoms with E-state index in [9.17, 15) is 18.7 Å². The van der Waals surface area contributed by atoms with Crippen LogP contribution in [0.2, 0.25) is 5.02 Å². The van der Waals surface area contributed by atoms with Gasteiger partial charge in [0.25, 0.3) is 5.56 Å². The Kier molecular flexibility index (Phi) is 4.33. The normalized spacial score (nSPS) is 12.8. The van der Waals surface area contributed by atoms with Gasteiger partial charge in [0.1, 0.15) is 17.5 Å². The van der Waals surface area contributed by atoms with Crippen LogP contribution >= 0.6 is 11.6 Å². The van der Waals surface area contributed by atoms with E-state index in [0.717, 1.165) is 12.1 Å². The van der Waals surface area contributed by atoms with Gasteiger partial charge in [-0.2, -0.15) is 4.98 Å². The molecule has 0 aliphatic carbocycles. The summed E-state index contributed by atoms with van der Waals surface area (Å²) in [4.78, 5) is 20.1. The molecule has 136 valence electrons. The molecule has 27 heavy (non-hydrogen) atoms. The van der Waals surface area contributed by atoms with E-state index in [1.165, 1.54) is 18.2 Å². The molecule has 0 saturated carbocycles. The van der Waals surface area contributed by atoms with Gasteiger partial charge in [-0.25, -0.2) is 8.78 Å². The maximum atomic E-state index is 14.4. The maximum Gasteiger partial charge on any atom is 0.273 e. The summed E-state index contributed by atoms with van der Waals surface area (Å²) in [6, 6.07) is 9.53. The summed E-state index contributed by atoms with van der Waals surface area (Å²) >= 11 is 6.12. The molecule has 0 saturated heterocycles. The zero-order valence-electron chi connectivity index (χ0n) is 13.8. The molecule has 2 heterocycles. The minimum atomic E-state index is -0.768. The second-order valence-electron chi connectivity index (χ2n) is 5.92. The number of benzene rings is 2. The van der Waals surface area contributed by atoms with E-state index in [1.807, 2.05) is 0 Å². The fraction of sp³-hybridized carbons (Fsp3) is 0.105. The number of hydrogen-bond acceptors (Lipinski definition) is 4. The fourth-order valence-electron chi connectivity index (χ4n) is 3.16. The van der Waals surface area contributed by atoms with Gasteiger partial charge >= 0.3 is 0 Å². The van der Waals surface area contributed by atoms with E-state index in [0.29, 0.717) is 22.0 Å². The van der Waals surface area contributed by atoms with Crippen LogP contribution in [-0.4, -0.2) is 20.4 Å². The lowest BCUT2D eigenvalue weighted by Gasteiger charge is -2.17. The Morgan fingerprint density at radius 3 is 2.59 bits per heavy atom. The molecule has 1 aliphatic rings. The Labute approximate surface area is 157 Å². The number of aliphatic hydroxyl groups excluding tert-OH is 1. The third kappa shape index (κ3) is 2.94. The summed E-state index contributed by atoms with van der Waals surface area (Å²) in [6.45, 7) is -0.519. The predicted octanol–water partition coefficient (Wildman–Crippen LogP) is 3.01. The van der Waals surface area contributed by atoms with Crippen LogP contribution in [-0.2, 0) is 13.2 Å². The molecule has 5 nitrogen and oxygen atoms in total. The zero-order chi connectivity index (χ0) is 19.1. The largest absolute Gasteiger partial charge is 0.390 e. The van der Waals surface area contributed by atoms with Gasteiger partial charge < -0.3 is 5.11 Å². The summed E-state index contributed by atoms with van der Waals surface area (Å²) in [5.41, 5.74) is 0.359. The number of hydrogen-bond donors (Lipinski definition) is 1. The smallest absolute Gasteiger partial charge is 0.273 e. The lowest BCUT2D eigenvalue weighted by atomic mass is 9.99. The van der Waals surface area contributed by atoms with Crippen molar-refractivity contribution in [2.75, 3.05) is 0 Å². The fourth-order valence-corrected chi connectivity index (χ4v) is 3.34. The highest BCUT2D eigenvalue weighted by Gasteiger charge is 2.25. The first-order valence-corrected chi connectivity index (χ1v) is 8.39. The third-order valence-corrected chi connectivity index (χ3v) is 4.50. The van der Waals surface area contributed by atoms with E-state index in [4.69, 9.17) is 11.6 Å². The van der Waals surface area contributed by atoms with Crippen molar-refractivity contribution in [3.8, 4) is 5.69 Å². The third-order valence-electron chi connectivity index (χ3n) is 4.27. The second kappa shape index (κ2) is 6.68. The minimum absolute atomic E-state index is 0.0601. The van der Waals surface area contributed by atoms with Gasteiger partial charge in [0.2, 0.25) is 0 Å². The van der Waals surface area contributed by atoms with Gasteiger partial charge in [0.15, 0.2) is 0 Å². The van der Waals surface area contributed by atoms with Crippen molar-refractivity contribution in [1.29, 1.82) is 0 Å². The molecule has 0 radical (unpaired) electrons. The van der Waals surface area contributed by atoms with Gasteiger partial charge in [-0.15, -0.1) is 0 Å². The molecule has 4 rings (SSSR count). The Hall–Kier alpha value is -2.90. The summed E-state index contributed by atoms with van der Waals surface area (Å²) < 4.78 is 30.4. The Morgan fingerprint density at radius 1 is 1.15 bits per heavy atom. The topological polar surface area (TPSA) is 67.5 Å². The molecule has 0 bridgehead atoms. The molecule has 2 aromatic carbocycles. The van der Waals surface area contributed by atoms with Gasteiger partial charge in [0.05, 0.1) is 35.8 Å². The lowest BCUT2D eigenvalue weighted by Crippen LogP contribution is -2.20. The summed E-state index contributed by atoms with van der Waals surface area (Å²) in [7, 11) is 0. The average Bonchev–Trinajstić information content (AvgIpc) is 2.78. The van der Waals surface area contributed by atoms with Crippen LogP contribution in [0.25, 0.3) is 5.69 Å². The van der Waals surface area contributed by atoms with E-state index in [1.54, 1.807) is 16.7 Å².